The number of carbonyl (C=O) groups excluding carboxylic acids is 1. The highest BCUT2D eigenvalue weighted by Gasteiger charge is 2.52. The Bertz CT molecular complexity index is 1120. The van der Waals surface area contributed by atoms with Gasteiger partial charge < -0.3 is 19.6 Å². The zero-order valence-electron chi connectivity index (χ0n) is 19.6. The maximum Gasteiger partial charge on any atom is 0.290 e. The van der Waals surface area contributed by atoms with Crippen molar-refractivity contribution in [2.75, 3.05) is 37.7 Å². The van der Waals surface area contributed by atoms with Gasteiger partial charge in [-0.05, 0) is 25.7 Å². The number of hydrogen-bond acceptors (Lipinski definition) is 6. The van der Waals surface area contributed by atoms with Crippen LogP contribution in [0.25, 0.3) is 5.52 Å². The Labute approximate surface area is 199 Å². The number of morpholine rings is 1. The third-order valence-electron chi connectivity index (χ3n) is 8.34. The molecule has 2 saturated heterocycles. The molecule has 2 aromatic heterocycles. The van der Waals surface area contributed by atoms with Crippen LogP contribution in [-0.2, 0) is 4.74 Å². The van der Waals surface area contributed by atoms with Gasteiger partial charge >= 0.3 is 0 Å². The number of carbonyl (C=O) groups is 1. The van der Waals surface area contributed by atoms with Gasteiger partial charge in [0.25, 0.3) is 5.91 Å². The van der Waals surface area contributed by atoms with Gasteiger partial charge in [0.05, 0.1) is 25.0 Å². The molecule has 1 saturated carbocycles. The first-order valence-corrected chi connectivity index (χ1v) is 12.7. The van der Waals surface area contributed by atoms with Crippen LogP contribution in [0, 0.1) is 11.8 Å². The van der Waals surface area contributed by atoms with Crippen LogP contribution < -0.4 is 4.90 Å². The molecule has 1 unspecified atom stereocenters. The molecule has 6 rings (SSSR count). The van der Waals surface area contributed by atoms with E-state index in [1.807, 2.05) is 15.5 Å². The number of rotatable bonds is 3. The normalized spacial score (nSPS) is 31.6. The summed E-state index contributed by atoms with van der Waals surface area (Å²) in [5.74, 6) is 1.40. The Hall–Kier alpha value is -2.71. The van der Waals surface area contributed by atoms with E-state index in [-0.39, 0.29) is 23.8 Å². The summed E-state index contributed by atoms with van der Waals surface area (Å²) in [6.07, 6.45) is 19.3. The van der Waals surface area contributed by atoms with E-state index in [1.54, 1.807) is 12.4 Å². The number of aromatic nitrogens is 3. The van der Waals surface area contributed by atoms with Gasteiger partial charge in [0.2, 0.25) is 5.82 Å². The molecule has 2 aromatic rings. The smallest absolute Gasteiger partial charge is 0.290 e. The van der Waals surface area contributed by atoms with E-state index in [2.05, 4.69) is 34.2 Å². The SMILES string of the molecule is O=C(c1nc(N2CCOCC2)c2cnccn12)N1CC[C@](O)(C2C=CC=CC2)[C@H]2CCCC[C@H]21. The van der Waals surface area contributed by atoms with Gasteiger partial charge in [0.15, 0.2) is 5.82 Å². The Kier molecular flexibility index (Phi) is 5.65. The molecule has 4 heterocycles. The number of anilines is 1. The van der Waals surface area contributed by atoms with Crippen LogP contribution in [-0.4, -0.2) is 74.8 Å². The van der Waals surface area contributed by atoms with E-state index < -0.39 is 5.60 Å². The number of imidazole rings is 1. The van der Waals surface area contributed by atoms with Crippen molar-refractivity contribution in [3.05, 3.63) is 48.7 Å². The largest absolute Gasteiger partial charge is 0.389 e. The quantitative estimate of drug-likeness (QED) is 0.754. The molecule has 0 aromatic carbocycles. The molecule has 8 nitrogen and oxygen atoms in total. The summed E-state index contributed by atoms with van der Waals surface area (Å²) in [6.45, 7) is 3.36. The van der Waals surface area contributed by atoms with Gasteiger partial charge in [-0.2, -0.15) is 0 Å². The second kappa shape index (κ2) is 8.82. The monoisotopic (exact) mass is 463 g/mol. The van der Waals surface area contributed by atoms with E-state index in [1.165, 1.54) is 0 Å². The van der Waals surface area contributed by atoms with Crippen LogP contribution in [0.2, 0.25) is 0 Å². The molecule has 3 fully saturated rings. The average molecular weight is 464 g/mol. The molecule has 2 aliphatic carbocycles. The molecule has 0 spiro atoms. The molecular formula is C26H33N5O3. The predicted octanol–water partition coefficient (Wildman–Crippen LogP) is 2.83. The topological polar surface area (TPSA) is 83.2 Å². The van der Waals surface area contributed by atoms with Crippen molar-refractivity contribution in [3.8, 4) is 0 Å². The second-order valence-corrected chi connectivity index (χ2v) is 10.0. The van der Waals surface area contributed by atoms with Gasteiger partial charge in [-0.15, -0.1) is 0 Å². The summed E-state index contributed by atoms with van der Waals surface area (Å²) in [7, 11) is 0. The van der Waals surface area contributed by atoms with E-state index in [0.29, 0.717) is 32.0 Å². The fraction of sp³-hybridized carbons (Fsp3) is 0.577. The molecule has 0 bridgehead atoms. The number of piperidine rings is 1. The number of likely N-dealkylation sites (tertiary alicyclic amines) is 1. The minimum atomic E-state index is -0.763. The number of ether oxygens (including phenoxy) is 1. The lowest BCUT2D eigenvalue weighted by Crippen LogP contribution is -2.62. The van der Waals surface area contributed by atoms with Crippen LogP contribution in [0.4, 0.5) is 5.82 Å². The fourth-order valence-electron chi connectivity index (χ4n) is 6.59. The van der Waals surface area contributed by atoms with E-state index in [0.717, 1.165) is 56.5 Å². The van der Waals surface area contributed by atoms with Crippen molar-refractivity contribution in [1.29, 1.82) is 0 Å². The van der Waals surface area contributed by atoms with E-state index >= 15 is 0 Å². The van der Waals surface area contributed by atoms with Crippen LogP contribution in [0.3, 0.4) is 0 Å². The predicted molar refractivity (Wildman–Crippen MR) is 129 cm³/mol. The van der Waals surface area contributed by atoms with Crippen molar-refractivity contribution in [1.82, 2.24) is 19.3 Å². The zero-order valence-corrected chi connectivity index (χ0v) is 19.6. The molecule has 1 N–H and O–H groups in total. The number of allylic oxidation sites excluding steroid dienone is 3. The average Bonchev–Trinajstić information content (AvgIpc) is 3.30. The van der Waals surface area contributed by atoms with Crippen LogP contribution >= 0.6 is 0 Å². The summed E-state index contributed by atoms with van der Waals surface area (Å²) >= 11 is 0. The highest BCUT2D eigenvalue weighted by Crippen LogP contribution is 2.47. The van der Waals surface area contributed by atoms with Crippen molar-refractivity contribution in [2.45, 2.75) is 50.2 Å². The number of amides is 1. The van der Waals surface area contributed by atoms with Crippen LogP contribution in [0.1, 0.15) is 49.1 Å². The lowest BCUT2D eigenvalue weighted by atomic mass is 9.63. The van der Waals surface area contributed by atoms with Crippen LogP contribution in [0.15, 0.2) is 42.9 Å². The van der Waals surface area contributed by atoms with Gasteiger partial charge in [-0.25, -0.2) is 4.98 Å². The lowest BCUT2D eigenvalue weighted by molar-refractivity contribution is -0.128. The summed E-state index contributed by atoms with van der Waals surface area (Å²) in [4.78, 5) is 27.4. The summed E-state index contributed by atoms with van der Waals surface area (Å²) in [5, 5.41) is 11.9. The first-order valence-electron chi connectivity index (χ1n) is 12.7. The van der Waals surface area contributed by atoms with E-state index in [9.17, 15) is 9.90 Å². The third-order valence-corrected chi connectivity index (χ3v) is 8.34. The van der Waals surface area contributed by atoms with Gasteiger partial charge in [-0.1, -0.05) is 37.1 Å². The van der Waals surface area contributed by atoms with Crippen molar-refractivity contribution in [3.63, 3.8) is 0 Å². The van der Waals surface area contributed by atoms with Crippen molar-refractivity contribution >= 4 is 17.2 Å². The van der Waals surface area contributed by atoms with Gasteiger partial charge in [-0.3, -0.25) is 14.2 Å². The standard InChI is InChI=1S/C26H33N5O3/c32-25(24-28-23(29-14-16-34-17-15-29)22-18-27-11-13-30(22)24)31-12-10-26(33,19-6-2-1-3-7-19)20-8-4-5-9-21(20)31/h1-3,6,11,13,18-21,33H,4-5,7-10,12,14-17H2/t19?,20-,21+,26-/m0/s1. The number of nitrogens with zero attached hydrogens (tertiary/aromatic N) is 5. The molecule has 2 aliphatic heterocycles. The molecule has 0 radical (unpaired) electrons. The van der Waals surface area contributed by atoms with Gasteiger partial charge in [0.1, 0.15) is 5.52 Å². The number of aliphatic hydroxyl groups is 1. The first-order chi connectivity index (χ1) is 16.7. The van der Waals surface area contributed by atoms with E-state index in [4.69, 9.17) is 9.72 Å². The minimum absolute atomic E-state index is 0.0420. The highest BCUT2D eigenvalue weighted by molar-refractivity contribution is 5.94. The molecule has 180 valence electrons. The molecule has 4 aliphatic rings. The Balaban J connectivity index is 1.33. The first kappa shape index (κ1) is 21.8. The van der Waals surface area contributed by atoms with Crippen molar-refractivity contribution in [2.24, 2.45) is 11.8 Å². The maximum absolute atomic E-state index is 14.0. The number of hydrogen-bond donors (Lipinski definition) is 1. The number of fused-ring (bicyclic) bond motifs is 2. The molecule has 8 heteroatoms. The minimum Gasteiger partial charge on any atom is -0.389 e. The Morgan fingerprint density at radius 2 is 2.00 bits per heavy atom. The lowest BCUT2D eigenvalue weighted by Gasteiger charge is -2.54. The summed E-state index contributed by atoms with van der Waals surface area (Å²) < 4.78 is 7.39. The van der Waals surface area contributed by atoms with Crippen LogP contribution in [0.5, 0.6) is 0 Å². The maximum atomic E-state index is 14.0. The molecule has 1 amide bonds. The second-order valence-electron chi connectivity index (χ2n) is 10.0. The Morgan fingerprint density at radius 1 is 1.15 bits per heavy atom. The van der Waals surface area contributed by atoms with Crippen molar-refractivity contribution < 1.29 is 14.6 Å². The third kappa shape index (κ3) is 3.55. The molecular weight excluding hydrogens is 430 g/mol. The highest BCUT2D eigenvalue weighted by atomic mass is 16.5. The zero-order chi connectivity index (χ0) is 23.1. The van der Waals surface area contributed by atoms with Gasteiger partial charge in [0, 0.05) is 49.9 Å². The summed E-state index contributed by atoms with van der Waals surface area (Å²) in [6, 6.07) is 0.0420. The molecule has 34 heavy (non-hydrogen) atoms. The molecule has 4 atom stereocenters. The fourth-order valence-corrected chi connectivity index (χ4v) is 6.59. The summed E-state index contributed by atoms with van der Waals surface area (Å²) in [5.41, 5.74) is 0.0845. The Morgan fingerprint density at radius 3 is 2.82 bits per heavy atom.